The Hall–Kier alpha value is -3.17. The molecule has 0 radical (unpaired) electrons. The minimum Gasteiger partial charge on any atom is -0.493 e. The summed E-state index contributed by atoms with van der Waals surface area (Å²) in [6.07, 6.45) is 8.08. The minimum atomic E-state index is -0.516. The van der Waals surface area contributed by atoms with Gasteiger partial charge in [-0.25, -0.2) is 4.39 Å². The Kier molecular flexibility index (Phi) is 9.00. The number of ether oxygens (including phenoxy) is 2. The number of amides is 1. The Bertz CT molecular complexity index is 1290. The van der Waals surface area contributed by atoms with Gasteiger partial charge in [-0.3, -0.25) is 10.2 Å². The number of fused-ring (bicyclic) bond motifs is 1. The lowest BCUT2D eigenvalue weighted by Crippen LogP contribution is -2.35. The lowest BCUT2D eigenvalue weighted by molar-refractivity contribution is -0.114. The zero-order valence-corrected chi connectivity index (χ0v) is 22.3. The molecule has 0 saturated carbocycles. The van der Waals surface area contributed by atoms with Gasteiger partial charge in [0.1, 0.15) is 17.5 Å². The van der Waals surface area contributed by atoms with E-state index in [4.69, 9.17) is 26.5 Å². The van der Waals surface area contributed by atoms with Crippen LogP contribution in [0.5, 0.6) is 11.5 Å². The largest absolute Gasteiger partial charge is 0.493 e. The third kappa shape index (κ3) is 6.40. The molecule has 2 aromatic carbocycles. The predicted octanol–water partition coefficient (Wildman–Crippen LogP) is 7.05. The zero-order chi connectivity index (χ0) is 26.4. The average Bonchev–Trinajstić information content (AvgIpc) is 3.29. The molecule has 0 saturated heterocycles. The van der Waals surface area contributed by atoms with Gasteiger partial charge in [0.2, 0.25) is 5.17 Å². The molecule has 1 amide bonds. The Morgan fingerprint density at radius 2 is 1.97 bits per heavy atom. The van der Waals surface area contributed by atoms with Gasteiger partial charge in [-0.1, -0.05) is 62.4 Å². The van der Waals surface area contributed by atoms with Crippen LogP contribution in [0.15, 0.2) is 52.1 Å². The smallest absolute Gasteiger partial charge is 0.283 e. The second-order valence-electron chi connectivity index (χ2n) is 8.59. The number of benzene rings is 2. The fourth-order valence-corrected chi connectivity index (χ4v) is 5.11. The molecule has 194 valence electrons. The number of amidine groups is 2. The lowest BCUT2D eigenvalue weighted by atomic mass is 10.1. The summed E-state index contributed by atoms with van der Waals surface area (Å²) in [5.74, 6) is -0.369. The van der Waals surface area contributed by atoms with Crippen LogP contribution in [0.25, 0.3) is 6.08 Å². The molecule has 0 aromatic heterocycles. The Balaban J connectivity index is 1.50. The predicted molar refractivity (Wildman–Crippen MR) is 147 cm³/mol. The summed E-state index contributed by atoms with van der Waals surface area (Å²) in [5, 5.41) is 16.0. The molecule has 2 aromatic rings. The van der Waals surface area contributed by atoms with E-state index in [1.807, 2.05) is 0 Å². The Morgan fingerprint density at radius 1 is 1.19 bits per heavy atom. The van der Waals surface area contributed by atoms with Gasteiger partial charge in [0, 0.05) is 5.56 Å². The van der Waals surface area contributed by atoms with E-state index in [1.54, 1.807) is 30.3 Å². The van der Waals surface area contributed by atoms with Crippen LogP contribution in [0, 0.1) is 11.2 Å². The Morgan fingerprint density at radius 3 is 2.73 bits per heavy atom. The quantitative estimate of drug-likeness (QED) is 0.243. The Labute approximate surface area is 224 Å². The molecule has 2 aliphatic rings. The van der Waals surface area contributed by atoms with E-state index < -0.39 is 5.91 Å². The molecule has 2 aliphatic heterocycles. The summed E-state index contributed by atoms with van der Waals surface area (Å²) in [7, 11) is 1.46. The van der Waals surface area contributed by atoms with Crippen LogP contribution in [0.2, 0.25) is 5.02 Å². The van der Waals surface area contributed by atoms with Crippen molar-refractivity contribution in [2.45, 2.75) is 52.1 Å². The highest BCUT2D eigenvalue weighted by atomic mass is 35.5. The lowest BCUT2D eigenvalue weighted by Gasteiger charge is -2.20. The number of hydrazone groups is 1. The van der Waals surface area contributed by atoms with Crippen molar-refractivity contribution < 1.29 is 18.7 Å². The molecule has 0 aliphatic carbocycles. The first-order valence-corrected chi connectivity index (χ1v) is 13.3. The second kappa shape index (κ2) is 12.4. The van der Waals surface area contributed by atoms with Crippen molar-refractivity contribution in [2.24, 2.45) is 10.1 Å². The van der Waals surface area contributed by atoms with Gasteiger partial charge in [-0.2, -0.15) is 15.1 Å². The van der Waals surface area contributed by atoms with Crippen LogP contribution >= 0.6 is 23.4 Å². The topological polar surface area (TPSA) is 87.3 Å². The number of hydrogen-bond donors (Lipinski definition) is 1. The number of halogens is 2. The highest BCUT2D eigenvalue weighted by molar-refractivity contribution is 8.26. The summed E-state index contributed by atoms with van der Waals surface area (Å²) in [6, 6.07) is 9.54. The van der Waals surface area contributed by atoms with E-state index in [0.717, 1.165) is 24.3 Å². The SMILES string of the molecule is CCCCCCCC1=NN2C(=N)/C(=C/c3cc(Cl)c(OCc4ccccc4F)c(OC)c3)C(=O)N=C2S1. The van der Waals surface area contributed by atoms with Crippen molar-refractivity contribution >= 4 is 51.4 Å². The third-order valence-corrected chi connectivity index (χ3v) is 7.13. The summed E-state index contributed by atoms with van der Waals surface area (Å²) >= 11 is 7.81. The minimum absolute atomic E-state index is 0.0324. The maximum atomic E-state index is 14.0. The van der Waals surface area contributed by atoms with Gasteiger partial charge in [-0.15, -0.1) is 0 Å². The van der Waals surface area contributed by atoms with Crippen LogP contribution in [0.4, 0.5) is 4.39 Å². The van der Waals surface area contributed by atoms with E-state index >= 15 is 0 Å². The van der Waals surface area contributed by atoms with Gasteiger partial charge < -0.3 is 9.47 Å². The first-order valence-electron chi connectivity index (χ1n) is 12.1. The molecular formula is C27H28ClFN4O3S. The van der Waals surface area contributed by atoms with E-state index in [0.29, 0.717) is 22.0 Å². The molecule has 0 fully saturated rings. The van der Waals surface area contributed by atoms with Crippen LogP contribution in [0.1, 0.15) is 56.6 Å². The van der Waals surface area contributed by atoms with Gasteiger partial charge in [-0.05, 0) is 54.4 Å². The molecule has 0 atom stereocenters. The number of hydrogen-bond acceptors (Lipinski definition) is 6. The normalized spacial score (nSPS) is 16.1. The number of carbonyl (C=O) groups is 1. The number of rotatable bonds is 11. The molecule has 4 rings (SSSR count). The fourth-order valence-electron chi connectivity index (χ4n) is 3.91. The van der Waals surface area contributed by atoms with Crippen LogP contribution in [-0.4, -0.2) is 34.1 Å². The monoisotopic (exact) mass is 542 g/mol. The first-order chi connectivity index (χ1) is 17.9. The van der Waals surface area contributed by atoms with E-state index in [1.165, 1.54) is 55.3 Å². The van der Waals surface area contributed by atoms with Crippen molar-refractivity contribution in [3.05, 3.63) is 63.9 Å². The number of thioether (sulfide) groups is 1. The molecule has 37 heavy (non-hydrogen) atoms. The van der Waals surface area contributed by atoms with E-state index in [-0.39, 0.29) is 34.6 Å². The van der Waals surface area contributed by atoms with Crippen LogP contribution in [0.3, 0.4) is 0 Å². The number of unbranched alkanes of at least 4 members (excludes halogenated alkanes) is 4. The van der Waals surface area contributed by atoms with Crippen LogP contribution in [-0.2, 0) is 11.4 Å². The van der Waals surface area contributed by atoms with Crippen molar-refractivity contribution in [2.75, 3.05) is 7.11 Å². The number of nitrogens with one attached hydrogen (secondary N) is 1. The zero-order valence-electron chi connectivity index (χ0n) is 20.7. The molecule has 2 heterocycles. The van der Waals surface area contributed by atoms with E-state index in [9.17, 15) is 9.18 Å². The molecule has 0 unspecified atom stereocenters. The average molecular weight is 543 g/mol. The number of carbonyl (C=O) groups excluding carboxylic acids is 1. The van der Waals surface area contributed by atoms with Gasteiger partial charge >= 0.3 is 0 Å². The van der Waals surface area contributed by atoms with Crippen LogP contribution < -0.4 is 9.47 Å². The molecular weight excluding hydrogens is 515 g/mol. The van der Waals surface area contributed by atoms with Crippen molar-refractivity contribution in [3.63, 3.8) is 0 Å². The van der Waals surface area contributed by atoms with Crippen molar-refractivity contribution in [1.82, 2.24) is 5.01 Å². The standard InChI is InChI=1S/C27H28ClFN4O3S/c1-3-4-5-6-7-12-23-32-33-25(30)19(26(34)31-27(33)37-23)13-17-14-20(28)24(22(15-17)35-2)36-16-18-10-8-9-11-21(18)29/h8-11,13-15,30H,3-7,12,16H2,1-2H3/b19-13-,30-25?. The number of nitrogens with zero attached hydrogens (tertiary/aromatic N) is 3. The maximum Gasteiger partial charge on any atom is 0.283 e. The fraction of sp³-hybridized carbons (Fsp3) is 0.333. The molecule has 0 spiro atoms. The number of aliphatic imine (C=N–C) groups is 1. The summed E-state index contributed by atoms with van der Waals surface area (Å²) < 4.78 is 25.2. The maximum absolute atomic E-state index is 14.0. The third-order valence-electron chi connectivity index (χ3n) is 5.88. The second-order valence-corrected chi connectivity index (χ2v) is 10.0. The first kappa shape index (κ1) is 26.9. The summed E-state index contributed by atoms with van der Waals surface area (Å²) in [4.78, 5) is 16.9. The highest BCUT2D eigenvalue weighted by Crippen LogP contribution is 2.38. The van der Waals surface area contributed by atoms with E-state index in [2.05, 4.69) is 17.0 Å². The van der Waals surface area contributed by atoms with Gasteiger partial charge in [0.15, 0.2) is 17.3 Å². The van der Waals surface area contributed by atoms with Crippen molar-refractivity contribution in [3.8, 4) is 11.5 Å². The molecule has 1 N–H and O–H groups in total. The summed E-state index contributed by atoms with van der Waals surface area (Å²) in [6.45, 7) is 2.15. The molecule has 10 heteroatoms. The van der Waals surface area contributed by atoms with Gasteiger partial charge in [0.25, 0.3) is 5.91 Å². The summed E-state index contributed by atoms with van der Waals surface area (Å²) in [5.41, 5.74) is 1.00. The molecule has 7 nitrogen and oxygen atoms in total. The number of methoxy groups -OCH3 is 1. The highest BCUT2D eigenvalue weighted by Gasteiger charge is 2.35. The van der Waals surface area contributed by atoms with Crippen molar-refractivity contribution in [1.29, 1.82) is 5.41 Å². The van der Waals surface area contributed by atoms with Gasteiger partial charge in [0.05, 0.1) is 17.7 Å². The molecule has 0 bridgehead atoms.